The summed E-state index contributed by atoms with van der Waals surface area (Å²) in [7, 11) is 1.76. The predicted octanol–water partition coefficient (Wildman–Crippen LogP) is 1.69. The fraction of sp³-hybridized carbons (Fsp3) is 0.929. The van der Waals surface area contributed by atoms with Gasteiger partial charge in [0.25, 0.3) is 0 Å². The lowest BCUT2D eigenvalue weighted by atomic mass is 10.0. The summed E-state index contributed by atoms with van der Waals surface area (Å²) in [6, 6.07) is -0.0720. The zero-order valence-corrected chi connectivity index (χ0v) is 12.6. The van der Waals surface area contributed by atoms with Gasteiger partial charge in [-0.3, -0.25) is 9.69 Å². The van der Waals surface area contributed by atoms with E-state index in [0.29, 0.717) is 12.8 Å². The number of alkyl halides is 1. The predicted molar refractivity (Wildman–Crippen MR) is 73.9 cm³/mol. The van der Waals surface area contributed by atoms with Crippen LogP contribution in [0.2, 0.25) is 0 Å². The van der Waals surface area contributed by atoms with Crippen molar-refractivity contribution in [2.45, 2.75) is 45.3 Å². The number of carbonyl (C=O) groups is 1. The van der Waals surface area contributed by atoms with Gasteiger partial charge in [-0.05, 0) is 20.8 Å². The van der Waals surface area contributed by atoms with Crippen LogP contribution in [0.25, 0.3) is 0 Å². The lowest BCUT2D eigenvalue weighted by Gasteiger charge is -2.30. The summed E-state index contributed by atoms with van der Waals surface area (Å²) in [6.45, 7) is 9.04. The highest BCUT2D eigenvalue weighted by atomic mass is 19.1. The Morgan fingerprint density at radius 3 is 2.53 bits per heavy atom. The number of rotatable bonds is 6. The van der Waals surface area contributed by atoms with Gasteiger partial charge in [-0.25, -0.2) is 4.39 Å². The van der Waals surface area contributed by atoms with Crippen LogP contribution in [0.5, 0.6) is 0 Å². The molecule has 5 heteroatoms. The van der Waals surface area contributed by atoms with E-state index in [1.165, 1.54) is 0 Å². The topological polar surface area (TPSA) is 32.8 Å². The molecule has 0 aliphatic carbocycles. The van der Waals surface area contributed by atoms with E-state index in [2.05, 4.69) is 4.90 Å². The summed E-state index contributed by atoms with van der Waals surface area (Å²) in [5.74, 6) is 0.0863. The molecule has 1 rings (SSSR count). The van der Waals surface area contributed by atoms with Crippen molar-refractivity contribution in [2.24, 2.45) is 0 Å². The fourth-order valence-corrected chi connectivity index (χ4v) is 2.34. The fourth-order valence-electron chi connectivity index (χ4n) is 2.34. The average molecular weight is 274 g/mol. The van der Waals surface area contributed by atoms with E-state index in [-0.39, 0.29) is 11.9 Å². The van der Waals surface area contributed by atoms with E-state index in [1.807, 2.05) is 6.92 Å². The molecule has 0 radical (unpaired) electrons. The second-order valence-electron chi connectivity index (χ2n) is 5.98. The van der Waals surface area contributed by atoms with Crippen molar-refractivity contribution in [3.05, 3.63) is 0 Å². The van der Waals surface area contributed by atoms with Crippen LogP contribution in [-0.4, -0.2) is 67.3 Å². The van der Waals surface area contributed by atoms with Gasteiger partial charge in [-0.15, -0.1) is 0 Å². The molecule has 112 valence electrons. The van der Waals surface area contributed by atoms with Crippen molar-refractivity contribution < 1.29 is 13.9 Å². The van der Waals surface area contributed by atoms with E-state index in [4.69, 9.17) is 4.74 Å². The SMILES string of the molecule is CC(CC(C)(C)F)N(C)C(=O)CCN1CCOCC1. The van der Waals surface area contributed by atoms with Crippen LogP contribution in [0.4, 0.5) is 4.39 Å². The van der Waals surface area contributed by atoms with Gasteiger partial charge in [0.2, 0.25) is 5.91 Å². The third-order valence-corrected chi connectivity index (χ3v) is 3.58. The maximum absolute atomic E-state index is 13.6. The highest BCUT2D eigenvalue weighted by Crippen LogP contribution is 2.19. The first-order valence-corrected chi connectivity index (χ1v) is 7.04. The van der Waals surface area contributed by atoms with Crippen molar-refractivity contribution in [1.82, 2.24) is 9.80 Å². The summed E-state index contributed by atoms with van der Waals surface area (Å²) in [5.41, 5.74) is -1.24. The Labute approximate surface area is 115 Å². The molecule has 19 heavy (non-hydrogen) atoms. The minimum absolute atomic E-state index is 0.0720. The van der Waals surface area contributed by atoms with Crippen LogP contribution < -0.4 is 0 Å². The number of carbonyl (C=O) groups excluding carboxylic acids is 1. The average Bonchev–Trinajstić information content (AvgIpc) is 2.34. The van der Waals surface area contributed by atoms with Crippen LogP contribution in [0.1, 0.15) is 33.6 Å². The quantitative estimate of drug-likeness (QED) is 0.739. The third-order valence-electron chi connectivity index (χ3n) is 3.58. The molecule has 0 aromatic carbocycles. The number of morpholine rings is 1. The Balaban J connectivity index is 2.31. The molecule has 1 aliphatic heterocycles. The van der Waals surface area contributed by atoms with Crippen LogP contribution in [0.3, 0.4) is 0 Å². The van der Waals surface area contributed by atoms with Gasteiger partial charge in [-0.1, -0.05) is 0 Å². The Bertz CT molecular complexity index is 286. The van der Waals surface area contributed by atoms with E-state index in [0.717, 1.165) is 32.8 Å². The molecule has 0 bridgehead atoms. The molecule has 0 saturated carbocycles. The zero-order valence-electron chi connectivity index (χ0n) is 12.6. The maximum Gasteiger partial charge on any atom is 0.223 e. The molecule has 0 aromatic heterocycles. The first kappa shape index (κ1) is 16.4. The molecule has 0 aromatic rings. The number of ether oxygens (including phenoxy) is 1. The van der Waals surface area contributed by atoms with E-state index >= 15 is 0 Å². The highest BCUT2D eigenvalue weighted by Gasteiger charge is 2.24. The molecule has 0 N–H and O–H groups in total. The number of amides is 1. The van der Waals surface area contributed by atoms with Gasteiger partial charge in [-0.2, -0.15) is 0 Å². The van der Waals surface area contributed by atoms with E-state index in [1.54, 1.807) is 25.8 Å². The van der Waals surface area contributed by atoms with Crippen LogP contribution in [0.15, 0.2) is 0 Å². The monoisotopic (exact) mass is 274 g/mol. The molecule has 1 unspecified atom stereocenters. The first-order chi connectivity index (χ1) is 8.79. The van der Waals surface area contributed by atoms with Gasteiger partial charge < -0.3 is 9.64 Å². The number of hydrogen-bond acceptors (Lipinski definition) is 3. The minimum Gasteiger partial charge on any atom is -0.379 e. The number of nitrogens with zero attached hydrogens (tertiary/aromatic N) is 2. The Morgan fingerprint density at radius 2 is 2.00 bits per heavy atom. The first-order valence-electron chi connectivity index (χ1n) is 7.04. The van der Waals surface area contributed by atoms with Gasteiger partial charge in [0, 0.05) is 45.6 Å². The lowest BCUT2D eigenvalue weighted by Crippen LogP contribution is -2.42. The molecule has 0 spiro atoms. The molecule has 1 fully saturated rings. The van der Waals surface area contributed by atoms with Gasteiger partial charge in [0.15, 0.2) is 0 Å². The van der Waals surface area contributed by atoms with Gasteiger partial charge in [0.05, 0.1) is 13.2 Å². The van der Waals surface area contributed by atoms with Crippen LogP contribution in [0, 0.1) is 0 Å². The zero-order chi connectivity index (χ0) is 14.5. The Morgan fingerprint density at radius 1 is 1.42 bits per heavy atom. The normalized spacial score (nSPS) is 19.2. The standard InChI is InChI=1S/C14H27FN2O2/c1-12(11-14(2,3)15)16(4)13(18)5-6-17-7-9-19-10-8-17/h12H,5-11H2,1-4H3. The summed E-state index contributed by atoms with van der Waals surface area (Å²) < 4.78 is 18.8. The Hall–Kier alpha value is -0.680. The third kappa shape index (κ3) is 6.34. The number of hydrogen-bond donors (Lipinski definition) is 0. The van der Waals surface area contributed by atoms with Crippen LogP contribution in [-0.2, 0) is 9.53 Å². The molecule has 4 nitrogen and oxygen atoms in total. The summed E-state index contributed by atoms with van der Waals surface area (Å²) in [5, 5.41) is 0. The van der Waals surface area contributed by atoms with Crippen molar-refractivity contribution in [3.63, 3.8) is 0 Å². The largest absolute Gasteiger partial charge is 0.379 e. The van der Waals surface area contributed by atoms with Crippen LogP contribution >= 0.6 is 0 Å². The highest BCUT2D eigenvalue weighted by molar-refractivity contribution is 5.76. The van der Waals surface area contributed by atoms with E-state index < -0.39 is 5.67 Å². The van der Waals surface area contributed by atoms with Crippen molar-refractivity contribution in [3.8, 4) is 0 Å². The summed E-state index contributed by atoms with van der Waals surface area (Å²) in [4.78, 5) is 16.0. The van der Waals surface area contributed by atoms with Gasteiger partial charge in [0.1, 0.15) is 5.67 Å². The summed E-state index contributed by atoms with van der Waals surface area (Å²) >= 11 is 0. The van der Waals surface area contributed by atoms with Crippen molar-refractivity contribution in [1.29, 1.82) is 0 Å². The van der Waals surface area contributed by atoms with Crippen molar-refractivity contribution in [2.75, 3.05) is 39.9 Å². The lowest BCUT2D eigenvalue weighted by molar-refractivity contribution is -0.132. The smallest absolute Gasteiger partial charge is 0.223 e. The molecule has 1 atom stereocenters. The molecule has 1 heterocycles. The summed E-state index contributed by atoms with van der Waals surface area (Å²) in [6.07, 6.45) is 0.861. The molecule has 1 aliphatic rings. The Kier molecular flexibility index (Phi) is 6.20. The minimum atomic E-state index is -1.24. The second kappa shape index (κ2) is 7.20. The molecular weight excluding hydrogens is 247 g/mol. The maximum atomic E-state index is 13.6. The van der Waals surface area contributed by atoms with Crippen molar-refractivity contribution >= 4 is 5.91 Å². The van der Waals surface area contributed by atoms with E-state index in [9.17, 15) is 9.18 Å². The second-order valence-corrected chi connectivity index (χ2v) is 5.98. The molecule has 1 amide bonds. The molecule has 1 saturated heterocycles. The molecular formula is C14H27FN2O2. The van der Waals surface area contributed by atoms with Gasteiger partial charge >= 0.3 is 0 Å². The number of halogens is 1.